The molecule has 1 atom stereocenters. The molecule has 0 saturated heterocycles. The summed E-state index contributed by atoms with van der Waals surface area (Å²) in [5.74, 6) is -2.12. The summed E-state index contributed by atoms with van der Waals surface area (Å²) in [6.45, 7) is 3.30. The van der Waals surface area contributed by atoms with E-state index in [1.54, 1.807) is 6.92 Å². The molecule has 1 rings (SSSR count). The Morgan fingerprint density at radius 3 is 2.40 bits per heavy atom. The SMILES string of the molecule is CC(CN(CCCC(=O)O)Cc1ccccc1)C(=O)O. The van der Waals surface area contributed by atoms with Gasteiger partial charge in [0.1, 0.15) is 0 Å². The molecule has 0 saturated carbocycles. The van der Waals surface area contributed by atoms with E-state index < -0.39 is 17.9 Å². The van der Waals surface area contributed by atoms with Crippen LogP contribution in [0.5, 0.6) is 0 Å². The van der Waals surface area contributed by atoms with E-state index >= 15 is 0 Å². The third-order valence-electron chi connectivity index (χ3n) is 3.07. The first-order valence-electron chi connectivity index (χ1n) is 6.70. The molecule has 0 spiro atoms. The van der Waals surface area contributed by atoms with Gasteiger partial charge in [-0.25, -0.2) is 0 Å². The van der Waals surface area contributed by atoms with E-state index in [-0.39, 0.29) is 6.42 Å². The zero-order chi connectivity index (χ0) is 15.0. The minimum atomic E-state index is -0.832. The normalized spacial score (nSPS) is 12.3. The Hall–Kier alpha value is -1.88. The van der Waals surface area contributed by atoms with E-state index in [2.05, 4.69) is 0 Å². The van der Waals surface area contributed by atoms with Gasteiger partial charge in [-0.15, -0.1) is 0 Å². The van der Waals surface area contributed by atoms with Gasteiger partial charge in [0.05, 0.1) is 5.92 Å². The maximum atomic E-state index is 10.9. The fraction of sp³-hybridized carbons (Fsp3) is 0.467. The maximum absolute atomic E-state index is 10.9. The molecular formula is C15H21NO4. The number of rotatable bonds is 9. The Bertz CT molecular complexity index is 433. The van der Waals surface area contributed by atoms with Crippen LogP contribution in [0.1, 0.15) is 25.3 Å². The third kappa shape index (κ3) is 6.33. The molecule has 0 fully saturated rings. The van der Waals surface area contributed by atoms with Crippen LogP contribution < -0.4 is 0 Å². The molecule has 20 heavy (non-hydrogen) atoms. The fourth-order valence-electron chi connectivity index (χ4n) is 2.00. The van der Waals surface area contributed by atoms with Crippen molar-refractivity contribution in [3.63, 3.8) is 0 Å². The monoisotopic (exact) mass is 279 g/mol. The highest BCUT2D eigenvalue weighted by molar-refractivity contribution is 5.69. The molecule has 2 N–H and O–H groups in total. The van der Waals surface area contributed by atoms with Gasteiger partial charge in [0, 0.05) is 19.5 Å². The molecule has 1 aromatic rings. The first-order valence-corrected chi connectivity index (χ1v) is 6.70. The highest BCUT2D eigenvalue weighted by Gasteiger charge is 2.16. The van der Waals surface area contributed by atoms with Gasteiger partial charge < -0.3 is 10.2 Å². The van der Waals surface area contributed by atoms with Gasteiger partial charge in [-0.1, -0.05) is 37.3 Å². The number of carboxylic acid groups (broad SMARTS) is 2. The summed E-state index contributed by atoms with van der Waals surface area (Å²) in [6.07, 6.45) is 0.626. The summed E-state index contributed by atoms with van der Waals surface area (Å²) < 4.78 is 0. The minimum Gasteiger partial charge on any atom is -0.481 e. The molecular weight excluding hydrogens is 258 g/mol. The molecule has 1 aromatic carbocycles. The zero-order valence-corrected chi connectivity index (χ0v) is 11.7. The predicted octanol–water partition coefficient (Wildman–Crippen LogP) is 2.07. The number of hydrogen-bond donors (Lipinski definition) is 2. The molecule has 0 aliphatic rings. The lowest BCUT2D eigenvalue weighted by Gasteiger charge is -2.24. The Kier molecular flexibility index (Phi) is 6.73. The van der Waals surface area contributed by atoms with Crippen LogP contribution in [0.3, 0.4) is 0 Å². The van der Waals surface area contributed by atoms with E-state index in [1.165, 1.54) is 0 Å². The lowest BCUT2D eigenvalue weighted by atomic mass is 10.1. The second kappa shape index (κ2) is 8.32. The molecule has 5 heteroatoms. The van der Waals surface area contributed by atoms with Crippen molar-refractivity contribution < 1.29 is 19.8 Å². The molecule has 0 bridgehead atoms. The predicted molar refractivity (Wildman–Crippen MR) is 75.4 cm³/mol. The Balaban J connectivity index is 2.58. The average molecular weight is 279 g/mol. The van der Waals surface area contributed by atoms with E-state index in [9.17, 15) is 9.59 Å². The molecule has 1 unspecified atom stereocenters. The van der Waals surface area contributed by atoms with Crippen molar-refractivity contribution in [3.05, 3.63) is 35.9 Å². The van der Waals surface area contributed by atoms with E-state index in [0.717, 1.165) is 5.56 Å². The summed E-state index contributed by atoms with van der Waals surface area (Å²) in [5.41, 5.74) is 1.10. The minimum absolute atomic E-state index is 0.104. The van der Waals surface area contributed by atoms with Gasteiger partial charge in [-0.3, -0.25) is 14.5 Å². The van der Waals surface area contributed by atoms with Crippen LogP contribution in [0.25, 0.3) is 0 Å². The molecule has 5 nitrogen and oxygen atoms in total. The molecule has 0 amide bonds. The summed E-state index contributed by atoms with van der Waals surface area (Å²) in [6, 6.07) is 9.76. The summed E-state index contributed by atoms with van der Waals surface area (Å²) in [4.78, 5) is 23.5. The fourth-order valence-corrected chi connectivity index (χ4v) is 2.00. The van der Waals surface area contributed by atoms with Crippen LogP contribution in [0, 0.1) is 5.92 Å². The number of carbonyl (C=O) groups is 2. The summed E-state index contributed by atoms with van der Waals surface area (Å²) in [5, 5.41) is 17.7. The number of nitrogens with zero attached hydrogens (tertiary/aromatic N) is 1. The Morgan fingerprint density at radius 2 is 1.85 bits per heavy atom. The van der Waals surface area contributed by atoms with Gasteiger partial charge in [0.25, 0.3) is 0 Å². The average Bonchev–Trinajstić information content (AvgIpc) is 2.39. The van der Waals surface area contributed by atoms with Crippen molar-refractivity contribution in [1.29, 1.82) is 0 Å². The van der Waals surface area contributed by atoms with Gasteiger partial charge in [-0.2, -0.15) is 0 Å². The number of aliphatic carboxylic acids is 2. The number of benzene rings is 1. The van der Waals surface area contributed by atoms with Crippen molar-refractivity contribution in [1.82, 2.24) is 4.90 Å². The van der Waals surface area contributed by atoms with Gasteiger partial charge in [-0.05, 0) is 18.5 Å². The van der Waals surface area contributed by atoms with Crippen LogP contribution in [0.15, 0.2) is 30.3 Å². The Labute approximate surface area is 118 Å². The maximum Gasteiger partial charge on any atom is 0.307 e. The first-order chi connectivity index (χ1) is 9.49. The van der Waals surface area contributed by atoms with Gasteiger partial charge in [0.2, 0.25) is 0 Å². The van der Waals surface area contributed by atoms with Crippen molar-refractivity contribution in [2.75, 3.05) is 13.1 Å². The summed E-state index contributed by atoms with van der Waals surface area (Å²) in [7, 11) is 0. The number of carboxylic acids is 2. The van der Waals surface area contributed by atoms with Crippen LogP contribution >= 0.6 is 0 Å². The third-order valence-corrected chi connectivity index (χ3v) is 3.07. The lowest BCUT2D eigenvalue weighted by Crippen LogP contribution is -2.32. The molecule has 0 aliphatic carbocycles. The smallest absolute Gasteiger partial charge is 0.307 e. The topological polar surface area (TPSA) is 77.8 Å². The second-order valence-corrected chi connectivity index (χ2v) is 4.96. The van der Waals surface area contributed by atoms with Crippen molar-refractivity contribution in [2.45, 2.75) is 26.3 Å². The Morgan fingerprint density at radius 1 is 1.20 bits per heavy atom. The lowest BCUT2D eigenvalue weighted by molar-refractivity contribution is -0.142. The van der Waals surface area contributed by atoms with E-state index in [0.29, 0.717) is 26.1 Å². The first kappa shape index (κ1) is 16.2. The van der Waals surface area contributed by atoms with Crippen molar-refractivity contribution in [3.8, 4) is 0 Å². The highest BCUT2D eigenvalue weighted by atomic mass is 16.4. The van der Waals surface area contributed by atoms with Crippen molar-refractivity contribution in [2.24, 2.45) is 5.92 Å². The molecule has 0 aromatic heterocycles. The number of hydrogen-bond acceptors (Lipinski definition) is 3. The molecule has 0 heterocycles. The van der Waals surface area contributed by atoms with Crippen LogP contribution in [0.4, 0.5) is 0 Å². The molecule has 0 aliphatic heterocycles. The van der Waals surface area contributed by atoms with Gasteiger partial charge >= 0.3 is 11.9 Å². The molecule has 0 radical (unpaired) electrons. The van der Waals surface area contributed by atoms with Crippen LogP contribution in [0.2, 0.25) is 0 Å². The van der Waals surface area contributed by atoms with E-state index in [4.69, 9.17) is 10.2 Å². The van der Waals surface area contributed by atoms with Crippen LogP contribution in [-0.4, -0.2) is 40.1 Å². The van der Waals surface area contributed by atoms with Gasteiger partial charge in [0.15, 0.2) is 0 Å². The standard InChI is InChI=1S/C15H21NO4/c1-12(15(19)20)10-16(9-5-8-14(17)18)11-13-6-3-2-4-7-13/h2-4,6-7,12H,5,8-11H2,1H3,(H,17,18)(H,19,20). The van der Waals surface area contributed by atoms with Crippen molar-refractivity contribution >= 4 is 11.9 Å². The van der Waals surface area contributed by atoms with Crippen LogP contribution in [-0.2, 0) is 16.1 Å². The summed E-state index contributed by atoms with van der Waals surface area (Å²) >= 11 is 0. The highest BCUT2D eigenvalue weighted by Crippen LogP contribution is 2.09. The largest absolute Gasteiger partial charge is 0.481 e. The quantitative estimate of drug-likeness (QED) is 0.723. The van der Waals surface area contributed by atoms with E-state index in [1.807, 2.05) is 35.2 Å². The zero-order valence-electron chi connectivity index (χ0n) is 11.7. The molecule has 110 valence electrons. The second-order valence-electron chi connectivity index (χ2n) is 4.96.